The van der Waals surface area contributed by atoms with Crippen LogP contribution >= 0.6 is 0 Å². The number of hydrogen-bond acceptors (Lipinski definition) is 3. The maximum atomic E-state index is 12.9. The summed E-state index contributed by atoms with van der Waals surface area (Å²) in [6.45, 7) is 4.96. The molecule has 0 unspecified atom stereocenters. The van der Waals surface area contributed by atoms with Crippen LogP contribution in [0, 0.1) is 0 Å². The van der Waals surface area contributed by atoms with Crippen molar-refractivity contribution in [1.82, 2.24) is 9.80 Å². The van der Waals surface area contributed by atoms with Crippen molar-refractivity contribution in [3.05, 3.63) is 29.8 Å². The van der Waals surface area contributed by atoms with Crippen LogP contribution in [-0.2, 0) is 4.79 Å². The molecule has 0 bridgehead atoms. The third-order valence-corrected chi connectivity index (χ3v) is 6.41. The van der Waals surface area contributed by atoms with E-state index in [1.165, 1.54) is 32.4 Å². The van der Waals surface area contributed by atoms with Gasteiger partial charge in [0.05, 0.1) is 0 Å². The van der Waals surface area contributed by atoms with Gasteiger partial charge in [-0.25, -0.2) is 0 Å². The lowest BCUT2D eigenvalue weighted by atomic mass is 9.99. The van der Waals surface area contributed by atoms with Crippen molar-refractivity contribution >= 4 is 17.5 Å². The predicted molar refractivity (Wildman–Crippen MR) is 107 cm³/mol. The average molecular weight is 370 g/mol. The van der Waals surface area contributed by atoms with Gasteiger partial charge in [-0.15, -0.1) is 0 Å². The van der Waals surface area contributed by atoms with E-state index in [0.717, 1.165) is 56.6 Å². The first-order valence-electron chi connectivity index (χ1n) is 10.7. The van der Waals surface area contributed by atoms with Crippen LogP contribution in [0.15, 0.2) is 24.3 Å². The molecular formula is C22H31N3O2. The normalized spacial score (nSPS) is 22.9. The minimum absolute atomic E-state index is 0.128. The molecule has 3 fully saturated rings. The van der Waals surface area contributed by atoms with E-state index >= 15 is 0 Å². The van der Waals surface area contributed by atoms with Gasteiger partial charge in [0.1, 0.15) is 0 Å². The van der Waals surface area contributed by atoms with Crippen molar-refractivity contribution in [2.45, 2.75) is 57.4 Å². The second-order valence-corrected chi connectivity index (χ2v) is 8.17. The molecule has 4 rings (SSSR count). The second-order valence-electron chi connectivity index (χ2n) is 8.17. The van der Waals surface area contributed by atoms with Crippen LogP contribution in [0.25, 0.3) is 0 Å². The molecule has 5 nitrogen and oxygen atoms in total. The zero-order chi connectivity index (χ0) is 18.6. The van der Waals surface area contributed by atoms with Gasteiger partial charge in [-0.1, -0.05) is 6.42 Å². The monoisotopic (exact) mass is 369 g/mol. The van der Waals surface area contributed by atoms with Crippen LogP contribution in [0.5, 0.6) is 0 Å². The Balaban J connectivity index is 1.33. The van der Waals surface area contributed by atoms with Crippen molar-refractivity contribution in [3.63, 3.8) is 0 Å². The quantitative estimate of drug-likeness (QED) is 0.821. The molecular weight excluding hydrogens is 338 g/mol. The third kappa shape index (κ3) is 4.18. The topological polar surface area (TPSA) is 43.9 Å². The lowest BCUT2D eigenvalue weighted by molar-refractivity contribution is -0.119. The number of piperidine rings is 3. The number of hydrogen-bond donors (Lipinski definition) is 0. The Morgan fingerprint density at radius 2 is 1.48 bits per heavy atom. The molecule has 146 valence electrons. The van der Waals surface area contributed by atoms with E-state index < -0.39 is 0 Å². The Hall–Kier alpha value is -1.88. The summed E-state index contributed by atoms with van der Waals surface area (Å²) in [5.74, 6) is 0.323. The summed E-state index contributed by atoms with van der Waals surface area (Å²) >= 11 is 0. The Labute approximate surface area is 162 Å². The molecule has 3 saturated heterocycles. The molecule has 0 spiro atoms. The Kier molecular flexibility index (Phi) is 5.77. The number of rotatable bonds is 3. The molecule has 5 heteroatoms. The predicted octanol–water partition coefficient (Wildman–Crippen LogP) is 3.29. The minimum Gasteiger partial charge on any atom is -0.339 e. The second kappa shape index (κ2) is 8.42. The summed E-state index contributed by atoms with van der Waals surface area (Å²) in [6.07, 6.45) is 8.87. The number of carbonyl (C=O) groups is 2. The van der Waals surface area contributed by atoms with Crippen LogP contribution in [0.4, 0.5) is 5.69 Å². The molecule has 1 aromatic carbocycles. The molecule has 2 amide bonds. The number of benzene rings is 1. The Morgan fingerprint density at radius 1 is 0.815 bits per heavy atom. The van der Waals surface area contributed by atoms with Gasteiger partial charge in [-0.2, -0.15) is 0 Å². The highest BCUT2D eigenvalue weighted by Gasteiger charge is 2.28. The highest BCUT2D eigenvalue weighted by atomic mass is 16.2. The molecule has 0 aromatic heterocycles. The first kappa shape index (κ1) is 18.5. The fraction of sp³-hybridized carbons (Fsp3) is 0.636. The zero-order valence-electron chi connectivity index (χ0n) is 16.2. The molecule has 3 aliphatic heterocycles. The Morgan fingerprint density at radius 3 is 2.15 bits per heavy atom. The first-order chi connectivity index (χ1) is 13.2. The lowest BCUT2D eigenvalue weighted by Crippen LogP contribution is -2.48. The van der Waals surface area contributed by atoms with Gasteiger partial charge < -0.3 is 14.7 Å². The number of likely N-dealkylation sites (tertiary alicyclic amines) is 2. The van der Waals surface area contributed by atoms with Crippen LogP contribution in [0.1, 0.15) is 61.7 Å². The summed E-state index contributed by atoms with van der Waals surface area (Å²) in [5, 5.41) is 0. The largest absolute Gasteiger partial charge is 0.339 e. The lowest BCUT2D eigenvalue weighted by Gasteiger charge is -2.40. The van der Waals surface area contributed by atoms with E-state index in [2.05, 4.69) is 4.90 Å². The van der Waals surface area contributed by atoms with E-state index in [1.807, 2.05) is 34.1 Å². The van der Waals surface area contributed by atoms with E-state index in [0.29, 0.717) is 12.5 Å². The molecule has 27 heavy (non-hydrogen) atoms. The molecule has 0 atom stereocenters. The summed E-state index contributed by atoms with van der Waals surface area (Å²) < 4.78 is 0. The van der Waals surface area contributed by atoms with Gasteiger partial charge in [0.2, 0.25) is 5.91 Å². The fourth-order valence-corrected chi connectivity index (χ4v) is 4.76. The standard InChI is InChI=1S/C22H31N3O2/c26-21-6-2-5-15-25(21)20-9-7-18(8-10-20)22(27)24-16-11-19(12-17-24)23-13-3-1-4-14-23/h7-10,19H,1-6,11-17H2. The highest BCUT2D eigenvalue weighted by Crippen LogP contribution is 2.24. The molecule has 3 aliphatic rings. The summed E-state index contributed by atoms with van der Waals surface area (Å²) in [6, 6.07) is 8.28. The van der Waals surface area contributed by atoms with Gasteiger partial charge in [0.25, 0.3) is 5.91 Å². The third-order valence-electron chi connectivity index (χ3n) is 6.41. The molecule has 0 radical (unpaired) electrons. The summed E-state index contributed by atoms with van der Waals surface area (Å²) in [7, 11) is 0. The summed E-state index contributed by atoms with van der Waals surface area (Å²) in [4.78, 5) is 31.4. The van der Waals surface area contributed by atoms with Crippen LogP contribution in [-0.4, -0.2) is 60.4 Å². The SMILES string of the molecule is O=C(c1ccc(N2CCCCC2=O)cc1)N1CCC(N2CCCCC2)CC1. The van der Waals surface area contributed by atoms with E-state index in [4.69, 9.17) is 0 Å². The van der Waals surface area contributed by atoms with Crippen molar-refractivity contribution in [3.8, 4) is 0 Å². The molecule has 0 aliphatic carbocycles. The van der Waals surface area contributed by atoms with E-state index in [9.17, 15) is 9.59 Å². The van der Waals surface area contributed by atoms with Crippen molar-refractivity contribution in [1.29, 1.82) is 0 Å². The van der Waals surface area contributed by atoms with Crippen LogP contribution < -0.4 is 4.90 Å². The molecule has 0 saturated carbocycles. The number of carbonyl (C=O) groups excluding carboxylic acids is 2. The van der Waals surface area contributed by atoms with Crippen molar-refractivity contribution < 1.29 is 9.59 Å². The minimum atomic E-state index is 0.128. The molecule has 1 aromatic rings. The average Bonchev–Trinajstić information content (AvgIpc) is 2.74. The van der Waals surface area contributed by atoms with Crippen molar-refractivity contribution in [2.75, 3.05) is 37.6 Å². The molecule has 3 heterocycles. The number of nitrogens with zero attached hydrogens (tertiary/aromatic N) is 3. The number of amides is 2. The fourth-order valence-electron chi connectivity index (χ4n) is 4.76. The summed E-state index contributed by atoms with van der Waals surface area (Å²) in [5.41, 5.74) is 1.65. The van der Waals surface area contributed by atoms with Gasteiger partial charge in [-0.3, -0.25) is 9.59 Å². The van der Waals surface area contributed by atoms with Crippen molar-refractivity contribution in [2.24, 2.45) is 0 Å². The smallest absolute Gasteiger partial charge is 0.253 e. The maximum Gasteiger partial charge on any atom is 0.253 e. The van der Waals surface area contributed by atoms with Gasteiger partial charge in [0, 0.05) is 43.3 Å². The Bertz CT molecular complexity index is 659. The maximum absolute atomic E-state index is 12.9. The van der Waals surface area contributed by atoms with E-state index in [-0.39, 0.29) is 11.8 Å². The molecule has 0 N–H and O–H groups in total. The van der Waals surface area contributed by atoms with Gasteiger partial charge in [0.15, 0.2) is 0 Å². The van der Waals surface area contributed by atoms with Crippen LogP contribution in [0.2, 0.25) is 0 Å². The first-order valence-corrected chi connectivity index (χ1v) is 10.7. The number of anilines is 1. The zero-order valence-corrected chi connectivity index (χ0v) is 16.2. The van der Waals surface area contributed by atoms with Gasteiger partial charge in [-0.05, 0) is 75.9 Å². The highest BCUT2D eigenvalue weighted by molar-refractivity contribution is 5.97. The van der Waals surface area contributed by atoms with Gasteiger partial charge >= 0.3 is 0 Å². The van der Waals surface area contributed by atoms with E-state index in [1.54, 1.807) is 0 Å². The van der Waals surface area contributed by atoms with Crippen LogP contribution in [0.3, 0.4) is 0 Å².